The van der Waals surface area contributed by atoms with Crippen LogP contribution in [-0.4, -0.2) is 35.4 Å². The Morgan fingerprint density at radius 3 is 2.88 bits per heavy atom. The van der Waals surface area contributed by atoms with E-state index in [4.69, 9.17) is 0 Å². The maximum absolute atomic E-state index is 12.1. The number of nitrogens with one attached hydrogen (secondary N) is 1. The fraction of sp³-hybridized carbons (Fsp3) is 0.500. The highest BCUT2D eigenvalue weighted by atomic mass is 16.2. The summed E-state index contributed by atoms with van der Waals surface area (Å²) in [4.78, 5) is 18.2. The van der Waals surface area contributed by atoms with Crippen molar-refractivity contribution in [2.75, 3.05) is 18.9 Å². The number of pyridine rings is 1. The fourth-order valence-corrected chi connectivity index (χ4v) is 2.07. The summed E-state index contributed by atoms with van der Waals surface area (Å²) in [7, 11) is 1.81. The van der Waals surface area contributed by atoms with E-state index < -0.39 is 0 Å². The Kier molecular flexibility index (Phi) is 3.08. The molecule has 1 aromatic rings. The van der Waals surface area contributed by atoms with E-state index >= 15 is 0 Å². The van der Waals surface area contributed by atoms with Crippen molar-refractivity contribution in [1.29, 1.82) is 0 Å². The number of carbonyl (C=O) groups excluding carboxylic acids is 1. The molecule has 0 saturated carbocycles. The van der Waals surface area contributed by atoms with E-state index in [-0.39, 0.29) is 5.91 Å². The van der Waals surface area contributed by atoms with Crippen molar-refractivity contribution in [1.82, 2.24) is 9.88 Å². The predicted octanol–water partition coefficient (Wildman–Crippen LogP) is 1.75. The van der Waals surface area contributed by atoms with Gasteiger partial charge >= 0.3 is 0 Å². The maximum Gasteiger partial charge on any atom is 0.255 e. The molecular formula is C12H17N3O. The summed E-state index contributed by atoms with van der Waals surface area (Å²) in [5, 5.41) is 2.94. The molecule has 1 saturated heterocycles. The monoisotopic (exact) mass is 219 g/mol. The van der Waals surface area contributed by atoms with Gasteiger partial charge in [0.2, 0.25) is 0 Å². The summed E-state index contributed by atoms with van der Waals surface area (Å²) in [5.41, 5.74) is 0.674. The van der Waals surface area contributed by atoms with Crippen LogP contribution in [-0.2, 0) is 0 Å². The molecule has 2 heterocycles. The standard InChI is InChI=1S/C12H17N3O/c1-9-4-3-7-15(9)12(16)10-5-6-11(13-2)14-8-10/h5-6,8-9H,3-4,7H2,1-2H3,(H,13,14). The lowest BCUT2D eigenvalue weighted by molar-refractivity contribution is 0.0747. The molecule has 4 heteroatoms. The van der Waals surface area contributed by atoms with Crippen LogP contribution >= 0.6 is 0 Å². The number of hydrogen-bond donors (Lipinski definition) is 1. The predicted molar refractivity (Wildman–Crippen MR) is 63.5 cm³/mol. The number of aromatic nitrogens is 1. The Hall–Kier alpha value is -1.58. The summed E-state index contributed by atoms with van der Waals surface area (Å²) < 4.78 is 0. The third-order valence-electron chi connectivity index (χ3n) is 3.08. The zero-order valence-electron chi connectivity index (χ0n) is 9.73. The van der Waals surface area contributed by atoms with Gasteiger partial charge in [0.25, 0.3) is 5.91 Å². The number of nitrogens with zero attached hydrogens (tertiary/aromatic N) is 2. The van der Waals surface area contributed by atoms with E-state index in [1.54, 1.807) is 6.20 Å². The molecule has 0 aliphatic carbocycles. The number of likely N-dealkylation sites (tertiary alicyclic amines) is 1. The molecule has 4 nitrogen and oxygen atoms in total. The van der Waals surface area contributed by atoms with Crippen molar-refractivity contribution in [3.8, 4) is 0 Å². The van der Waals surface area contributed by atoms with Gasteiger partial charge in [-0.25, -0.2) is 4.98 Å². The molecule has 1 fully saturated rings. The Labute approximate surface area is 95.7 Å². The highest BCUT2D eigenvalue weighted by Crippen LogP contribution is 2.19. The Morgan fingerprint density at radius 1 is 1.56 bits per heavy atom. The number of hydrogen-bond acceptors (Lipinski definition) is 3. The largest absolute Gasteiger partial charge is 0.373 e. The zero-order valence-corrected chi connectivity index (χ0v) is 9.73. The molecule has 1 unspecified atom stereocenters. The van der Waals surface area contributed by atoms with Crippen LogP contribution < -0.4 is 5.32 Å². The minimum absolute atomic E-state index is 0.0974. The number of amides is 1. The summed E-state index contributed by atoms with van der Waals surface area (Å²) in [6.45, 7) is 2.97. The molecule has 1 aliphatic heterocycles. The number of anilines is 1. The number of carbonyl (C=O) groups is 1. The lowest BCUT2D eigenvalue weighted by Gasteiger charge is -2.21. The van der Waals surface area contributed by atoms with Gasteiger partial charge in [0.05, 0.1) is 5.56 Å². The zero-order chi connectivity index (χ0) is 11.5. The van der Waals surface area contributed by atoms with Gasteiger partial charge < -0.3 is 10.2 Å². The van der Waals surface area contributed by atoms with E-state index in [1.165, 1.54) is 0 Å². The van der Waals surface area contributed by atoms with Crippen LogP contribution in [0.3, 0.4) is 0 Å². The summed E-state index contributed by atoms with van der Waals surface area (Å²) in [6.07, 6.45) is 3.85. The van der Waals surface area contributed by atoms with Crippen LogP contribution in [0, 0.1) is 0 Å². The van der Waals surface area contributed by atoms with Crippen molar-refractivity contribution in [2.45, 2.75) is 25.8 Å². The molecule has 0 aromatic carbocycles. The third kappa shape index (κ3) is 2.01. The first-order valence-electron chi connectivity index (χ1n) is 5.67. The highest BCUT2D eigenvalue weighted by molar-refractivity contribution is 5.94. The molecule has 0 radical (unpaired) electrons. The maximum atomic E-state index is 12.1. The second-order valence-corrected chi connectivity index (χ2v) is 4.17. The molecular weight excluding hydrogens is 202 g/mol. The first kappa shape index (κ1) is 10.9. The van der Waals surface area contributed by atoms with Gasteiger partial charge in [-0.2, -0.15) is 0 Å². The summed E-state index contributed by atoms with van der Waals surface area (Å²) >= 11 is 0. The van der Waals surface area contributed by atoms with Crippen LogP contribution in [0.2, 0.25) is 0 Å². The van der Waals surface area contributed by atoms with Crippen molar-refractivity contribution < 1.29 is 4.79 Å². The second-order valence-electron chi connectivity index (χ2n) is 4.17. The lowest BCUT2D eigenvalue weighted by atomic mass is 10.2. The van der Waals surface area contributed by atoms with Crippen molar-refractivity contribution in [3.05, 3.63) is 23.9 Å². The average Bonchev–Trinajstić information content (AvgIpc) is 2.75. The van der Waals surface area contributed by atoms with Gasteiger partial charge in [0, 0.05) is 25.8 Å². The highest BCUT2D eigenvalue weighted by Gasteiger charge is 2.25. The minimum Gasteiger partial charge on any atom is -0.373 e. The minimum atomic E-state index is 0.0974. The van der Waals surface area contributed by atoms with Gasteiger partial charge in [-0.3, -0.25) is 4.79 Å². The van der Waals surface area contributed by atoms with E-state index in [2.05, 4.69) is 17.2 Å². The Morgan fingerprint density at radius 2 is 2.38 bits per heavy atom. The number of rotatable bonds is 2. The Balaban J connectivity index is 2.14. The first-order chi connectivity index (χ1) is 7.72. The van der Waals surface area contributed by atoms with Gasteiger partial charge in [-0.15, -0.1) is 0 Å². The quantitative estimate of drug-likeness (QED) is 0.824. The SMILES string of the molecule is CNc1ccc(C(=O)N2CCCC2C)cn1. The molecule has 1 atom stereocenters. The van der Waals surface area contributed by atoms with Gasteiger partial charge in [0.1, 0.15) is 5.82 Å². The summed E-state index contributed by atoms with van der Waals surface area (Å²) in [5.74, 6) is 0.881. The smallest absolute Gasteiger partial charge is 0.255 e. The van der Waals surface area contributed by atoms with Gasteiger partial charge in [0.15, 0.2) is 0 Å². The molecule has 2 rings (SSSR count). The molecule has 1 amide bonds. The lowest BCUT2D eigenvalue weighted by Crippen LogP contribution is -2.33. The fourth-order valence-electron chi connectivity index (χ4n) is 2.07. The average molecular weight is 219 g/mol. The molecule has 16 heavy (non-hydrogen) atoms. The molecule has 1 aliphatic rings. The van der Waals surface area contributed by atoms with Crippen LogP contribution in [0.4, 0.5) is 5.82 Å². The summed E-state index contributed by atoms with van der Waals surface area (Å²) in [6, 6.07) is 4.01. The van der Waals surface area contributed by atoms with Crippen molar-refractivity contribution in [3.63, 3.8) is 0 Å². The molecule has 86 valence electrons. The topological polar surface area (TPSA) is 45.2 Å². The van der Waals surface area contributed by atoms with Crippen LogP contribution in [0.5, 0.6) is 0 Å². The van der Waals surface area contributed by atoms with E-state index in [0.29, 0.717) is 11.6 Å². The van der Waals surface area contributed by atoms with Crippen molar-refractivity contribution in [2.24, 2.45) is 0 Å². The third-order valence-corrected chi connectivity index (χ3v) is 3.08. The van der Waals surface area contributed by atoms with Crippen molar-refractivity contribution >= 4 is 11.7 Å². The van der Waals surface area contributed by atoms with Gasteiger partial charge in [-0.05, 0) is 31.9 Å². The van der Waals surface area contributed by atoms with Gasteiger partial charge in [-0.1, -0.05) is 0 Å². The van der Waals surface area contributed by atoms with E-state index in [0.717, 1.165) is 25.2 Å². The molecule has 1 aromatic heterocycles. The van der Waals surface area contributed by atoms with Crippen LogP contribution in [0.25, 0.3) is 0 Å². The normalized spacial score (nSPS) is 19.9. The molecule has 0 bridgehead atoms. The Bertz CT molecular complexity index is 374. The molecule has 1 N–H and O–H groups in total. The second kappa shape index (κ2) is 4.51. The molecule has 0 spiro atoms. The van der Waals surface area contributed by atoms with E-state index in [9.17, 15) is 4.79 Å². The van der Waals surface area contributed by atoms with E-state index in [1.807, 2.05) is 24.1 Å². The van der Waals surface area contributed by atoms with Crippen LogP contribution in [0.15, 0.2) is 18.3 Å². The van der Waals surface area contributed by atoms with Crippen LogP contribution in [0.1, 0.15) is 30.1 Å². The first-order valence-corrected chi connectivity index (χ1v) is 5.67.